The summed E-state index contributed by atoms with van der Waals surface area (Å²) < 4.78 is 31.9. The summed E-state index contributed by atoms with van der Waals surface area (Å²) in [5, 5.41) is 18.3. The molecule has 1 heterocycles. The van der Waals surface area contributed by atoms with Crippen molar-refractivity contribution in [2.24, 2.45) is 5.92 Å². The van der Waals surface area contributed by atoms with E-state index >= 15 is 0 Å². The van der Waals surface area contributed by atoms with E-state index < -0.39 is 42.8 Å². The average Bonchev–Trinajstić information content (AvgIpc) is 2.19. The molecule has 0 aromatic rings. The molecular formula is C11H19F2NO4. The fourth-order valence-corrected chi connectivity index (χ4v) is 1.76. The molecule has 18 heavy (non-hydrogen) atoms. The van der Waals surface area contributed by atoms with Crippen LogP contribution in [0.15, 0.2) is 0 Å². The first-order chi connectivity index (χ1) is 8.07. The van der Waals surface area contributed by atoms with Crippen molar-refractivity contribution in [2.75, 3.05) is 19.7 Å². The van der Waals surface area contributed by atoms with Gasteiger partial charge >= 0.3 is 6.09 Å². The fraction of sp³-hybridized carbons (Fsp3) is 0.909. The Morgan fingerprint density at radius 3 is 2.50 bits per heavy atom. The molecule has 106 valence electrons. The van der Waals surface area contributed by atoms with Crippen LogP contribution in [0.2, 0.25) is 0 Å². The number of ether oxygens (including phenoxy) is 1. The lowest BCUT2D eigenvalue weighted by molar-refractivity contribution is -0.177. The van der Waals surface area contributed by atoms with E-state index in [-0.39, 0.29) is 6.54 Å². The number of rotatable bonds is 1. The number of carbonyl (C=O) groups is 1. The van der Waals surface area contributed by atoms with Gasteiger partial charge in [-0.1, -0.05) is 0 Å². The van der Waals surface area contributed by atoms with Gasteiger partial charge in [0.25, 0.3) is 5.92 Å². The first-order valence-corrected chi connectivity index (χ1v) is 5.71. The number of likely N-dealkylation sites (tertiary alicyclic amines) is 1. The van der Waals surface area contributed by atoms with E-state index in [1.807, 2.05) is 0 Å². The second-order valence-electron chi connectivity index (χ2n) is 5.51. The zero-order chi connectivity index (χ0) is 14.1. The number of hydrogen-bond donors (Lipinski definition) is 2. The van der Waals surface area contributed by atoms with Crippen molar-refractivity contribution < 1.29 is 28.5 Å². The first-order valence-electron chi connectivity index (χ1n) is 5.71. The summed E-state index contributed by atoms with van der Waals surface area (Å²) in [4.78, 5) is 12.5. The third kappa shape index (κ3) is 3.52. The largest absolute Gasteiger partial charge is 0.444 e. The zero-order valence-corrected chi connectivity index (χ0v) is 10.7. The quantitative estimate of drug-likeness (QED) is 0.738. The Kier molecular flexibility index (Phi) is 4.17. The number of alkyl halides is 2. The van der Waals surface area contributed by atoms with E-state index in [2.05, 4.69) is 0 Å². The summed E-state index contributed by atoms with van der Waals surface area (Å²) in [5.74, 6) is -4.51. The first kappa shape index (κ1) is 15.1. The maximum Gasteiger partial charge on any atom is 0.410 e. The minimum absolute atomic E-state index is 0.151. The highest BCUT2D eigenvalue weighted by atomic mass is 19.3. The molecule has 0 aliphatic carbocycles. The van der Waals surface area contributed by atoms with Gasteiger partial charge in [-0.3, -0.25) is 0 Å². The molecular weight excluding hydrogens is 248 g/mol. The van der Waals surface area contributed by atoms with Crippen molar-refractivity contribution in [2.45, 2.75) is 38.4 Å². The monoisotopic (exact) mass is 267 g/mol. The number of amides is 1. The van der Waals surface area contributed by atoms with Crippen LogP contribution in [0.25, 0.3) is 0 Å². The van der Waals surface area contributed by atoms with Crippen LogP contribution in [-0.4, -0.2) is 58.5 Å². The summed E-state index contributed by atoms with van der Waals surface area (Å²) in [7, 11) is 0. The lowest BCUT2D eigenvalue weighted by Gasteiger charge is -2.40. The second-order valence-corrected chi connectivity index (χ2v) is 5.51. The number of carbonyl (C=O) groups excluding carboxylic acids is 1. The number of piperidine rings is 1. The van der Waals surface area contributed by atoms with Crippen LogP contribution in [0.5, 0.6) is 0 Å². The topological polar surface area (TPSA) is 70.0 Å². The van der Waals surface area contributed by atoms with Gasteiger partial charge in [-0.15, -0.1) is 0 Å². The summed E-state index contributed by atoms with van der Waals surface area (Å²) in [6.45, 7) is 3.22. The predicted molar refractivity (Wildman–Crippen MR) is 59.3 cm³/mol. The van der Waals surface area contributed by atoms with Crippen molar-refractivity contribution in [3.8, 4) is 0 Å². The summed E-state index contributed by atoms with van der Waals surface area (Å²) in [5.41, 5.74) is -0.781. The highest BCUT2D eigenvalue weighted by Crippen LogP contribution is 2.31. The van der Waals surface area contributed by atoms with Gasteiger partial charge in [-0.05, 0) is 20.8 Å². The number of aliphatic hydroxyl groups excluding tert-OH is 2. The molecule has 1 aliphatic rings. The number of aliphatic hydroxyl groups is 2. The highest BCUT2D eigenvalue weighted by molar-refractivity contribution is 5.68. The van der Waals surface area contributed by atoms with Crippen molar-refractivity contribution in [3.05, 3.63) is 0 Å². The highest BCUT2D eigenvalue weighted by Gasteiger charge is 2.50. The van der Waals surface area contributed by atoms with E-state index in [0.717, 1.165) is 4.90 Å². The number of halogens is 2. The molecule has 5 nitrogen and oxygen atoms in total. The van der Waals surface area contributed by atoms with Crippen molar-refractivity contribution in [3.63, 3.8) is 0 Å². The molecule has 0 aromatic heterocycles. The Morgan fingerprint density at radius 1 is 1.50 bits per heavy atom. The van der Waals surface area contributed by atoms with Gasteiger partial charge in [0.2, 0.25) is 0 Å². The van der Waals surface area contributed by atoms with Gasteiger partial charge in [0.15, 0.2) is 0 Å². The zero-order valence-electron chi connectivity index (χ0n) is 10.7. The fourth-order valence-electron chi connectivity index (χ4n) is 1.76. The maximum absolute atomic E-state index is 13.5. The second kappa shape index (κ2) is 4.97. The molecule has 1 fully saturated rings. The molecule has 1 saturated heterocycles. The molecule has 7 heteroatoms. The number of nitrogens with zero attached hydrogens (tertiary/aromatic N) is 1. The van der Waals surface area contributed by atoms with Gasteiger partial charge in [0.1, 0.15) is 11.7 Å². The van der Waals surface area contributed by atoms with Gasteiger partial charge in [0, 0.05) is 12.5 Å². The van der Waals surface area contributed by atoms with Crippen molar-refractivity contribution in [1.29, 1.82) is 0 Å². The molecule has 1 amide bonds. The SMILES string of the molecule is CC(C)(C)OC(=O)N1C[C@@H](CO)[C@@H](O)C(F)(F)C1. The van der Waals surface area contributed by atoms with E-state index in [9.17, 15) is 18.7 Å². The van der Waals surface area contributed by atoms with Gasteiger partial charge < -0.3 is 19.8 Å². The van der Waals surface area contributed by atoms with Crippen LogP contribution in [-0.2, 0) is 4.74 Å². The Labute approximate surface area is 104 Å². The molecule has 0 unspecified atom stereocenters. The molecule has 0 bridgehead atoms. The molecule has 2 N–H and O–H groups in total. The van der Waals surface area contributed by atoms with Gasteiger partial charge in [0.05, 0.1) is 13.2 Å². The van der Waals surface area contributed by atoms with E-state index in [0.29, 0.717) is 0 Å². The predicted octanol–water partition coefficient (Wildman–Crippen LogP) is 0.842. The molecule has 1 rings (SSSR count). The Bertz CT molecular complexity index is 317. The Hall–Kier alpha value is -0.950. The third-order valence-electron chi connectivity index (χ3n) is 2.62. The lowest BCUT2D eigenvalue weighted by atomic mass is 9.93. The smallest absolute Gasteiger partial charge is 0.410 e. The summed E-state index contributed by atoms with van der Waals surface area (Å²) in [6, 6.07) is 0. The van der Waals surface area contributed by atoms with Crippen LogP contribution >= 0.6 is 0 Å². The maximum atomic E-state index is 13.5. The van der Waals surface area contributed by atoms with Crippen LogP contribution in [0.1, 0.15) is 20.8 Å². The average molecular weight is 267 g/mol. The normalized spacial score (nSPS) is 28.1. The van der Waals surface area contributed by atoms with E-state index in [1.54, 1.807) is 20.8 Å². The van der Waals surface area contributed by atoms with Crippen LogP contribution in [0.3, 0.4) is 0 Å². The lowest BCUT2D eigenvalue weighted by Crippen LogP contribution is -2.59. The molecule has 1 aliphatic heterocycles. The van der Waals surface area contributed by atoms with Gasteiger partial charge in [-0.2, -0.15) is 0 Å². The molecule has 0 radical (unpaired) electrons. The van der Waals surface area contributed by atoms with Crippen molar-refractivity contribution in [1.82, 2.24) is 4.90 Å². The minimum Gasteiger partial charge on any atom is -0.444 e. The number of hydrogen-bond acceptors (Lipinski definition) is 4. The summed E-state index contributed by atoms with van der Waals surface area (Å²) >= 11 is 0. The van der Waals surface area contributed by atoms with E-state index in [4.69, 9.17) is 9.84 Å². The standard InChI is InChI=1S/C11H19F2NO4/c1-10(2,3)18-9(17)14-4-7(5-15)8(16)11(12,13)6-14/h7-8,15-16H,4-6H2,1-3H3/t7-,8+/m0/s1. The minimum atomic E-state index is -3.44. The van der Waals surface area contributed by atoms with Crippen LogP contribution < -0.4 is 0 Å². The van der Waals surface area contributed by atoms with Crippen LogP contribution in [0.4, 0.5) is 13.6 Å². The van der Waals surface area contributed by atoms with Crippen molar-refractivity contribution >= 4 is 6.09 Å². The molecule has 0 saturated carbocycles. The third-order valence-corrected chi connectivity index (χ3v) is 2.62. The summed E-state index contributed by atoms with van der Waals surface area (Å²) in [6.07, 6.45) is -2.81. The van der Waals surface area contributed by atoms with Crippen LogP contribution in [0, 0.1) is 5.92 Å². The molecule has 0 spiro atoms. The Balaban J connectivity index is 2.76. The van der Waals surface area contributed by atoms with E-state index in [1.165, 1.54) is 0 Å². The molecule has 2 atom stereocenters. The molecule has 0 aromatic carbocycles. The Morgan fingerprint density at radius 2 is 2.06 bits per heavy atom. The van der Waals surface area contributed by atoms with Gasteiger partial charge in [-0.25, -0.2) is 13.6 Å².